The Labute approximate surface area is 134 Å². The number of hydrogen-bond acceptors (Lipinski definition) is 8. The molecule has 122 valence electrons. The van der Waals surface area contributed by atoms with Crippen molar-refractivity contribution in [1.82, 2.24) is 19.5 Å². The number of rotatable bonds is 3. The Hall–Kier alpha value is -1.89. The Morgan fingerprint density at radius 3 is 2.61 bits per heavy atom. The number of nitrogens with zero attached hydrogens (tertiary/aromatic N) is 5. The van der Waals surface area contributed by atoms with E-state index in [1.165, 1.54) is 10.8 Å². The van der Waals surface area contributed by atoms with Gasteiger partial charge in [-0.1, -0.05) is 11.3 Å². The fraction of sp³-hybridized carbons (Fsp3) is 0.182. The van der Waals surface area contributed by atoms with Crippen LogP contribution in [0.25, 0.3) is 11.2 Å². The lowest BCUT2D eigenvalue weighted by Crippen LogP contribution is -2.08. The molecule has 3 rings (SSSR count). The highest BCUT2D eigenvalue weighted by Gasteiger charge is 2.31. The number of pyridine rings is 1. The number of aromatic nitrogens is 4. The van der Waals surface area contributed by atoms with E-state index in [4.69, 9.17) is 10.4 Å². The predicted molar refractivity (Wildman–Crippen MR) is 75.8 cm³/mol. The van der Waals surface area contributed by atoms with Crippen molar-refractivity contribution in [2.24, 2.45) is 7.05 Å². The number of aryl methyl sites for hydroxylation is 1. The molecule has 0 amide bonds. The molecule has 0 bridgehead atoms. The van der Waals surface area contributed by atoms with Gasteiger partial charge in [-0.15, -0.1) is 5.23 Å². The Bertz CT molecular complexity index is 861. The number of hydrogen-bond donors (Lipinski definition) is 2. The van der Waals surface area contributed by atoms with Crippen LogP contribution >= 0.6 is 23.1 Å². The lowest BCUT2D eigenvalue weighted by molar-refractivity contribution is -0.137. The summed E-state index contributed by atoms with van der Waals surface area (Å²) in [6, 6.07) is 0.933. The molecule has 3 heterocycles. The highest BCUT2D eigenvalue weighted by Crippen LogP contribution is 2.35. The summed E-state index contributed by atoms with van der Waals surface area (Å²) in [7, 11) is 1.62. The van der Waals surface area contributed by atoms with E-state index >= 15 is 0 Å². The molecule has 2 N–H and O–H groups in total. The number of imidazole rings is 1. The lowest BCUT2D eigenvalue weighted by Gasteiger charge is -2.05. The summed E-state index contributed by atoms with van der Waals surface area (Å²) in [5, 5.41) is 18.2. The van der Waals surface area contributed by atoms with Crippen molar-refractivity contribution in [3.63, 3.8) is 0 Å². The Kier molecular flexibility index (Phi) is 3.91. The van der Waals surface area contributed by atoms with Crippen LogP contribution in [-0.4, -0.2) is 29.9 Å². The van der Waals surface area contributed by atoms with Crippen LogP contribution in [0.1, 0.15) is 5.56 Å². The summed E-state index contributed by atoms with van der Waals surface area (Å²) in [5.41, 5.74) is -0.442. The molecule has 3 aromatic rings. The molecule has 12 heteroatoms. The van der Waals surface area contributed by atoms with Crippen LogP contribution in [0.15, 0.2) is 28.0 Å². The van der Waals surface area contributed by atoms with E-state index in [2.05, 4.69) is 15.0 Å². The zero-order valence-corrected chi connectivity index (χ0v) is 12.9. The first kappa shape index (κ1) is 16.0. The molecule has 0 aromatic carbocycles. The second-order valence-electron chi connectivity index (χ2n) is 4.37. The predicted octanol–water partition coefficient (Wildman–Crippen LogP) is 3.18. The number of fused-ring (bicyclic) bond motifs is 1. The van der Waals surface area contributed by atoms with Gasteiger partial charge in [0.15, 0.2) is 20.1 Å². The zero-order valence-electron chi connectivity index (χ0n) is 11.3. The van der Waals surface area contributed by atoms with E-state index in [0.717, 1.165) is 35.4 Å². The van der Waals surface area contributed by atoms with Crippen LogP contribution < -0.4 is 5.23 Å². The number of halogens is 3. The van der Waals surface area contributed by atoms with Gasteiger partial charge in [-0.2, -0.15) is 13.2 Å². The average Bonchev–Trinajstić information content (AvgIpc) is 3.04. The van der Waals surface area contributed by atoms with Gasteiger partial charge in [-0.05, 0) is 17.8 Å². The molecular formula is C11H8F3N5O2S2. The molecule has 0 saturated heterocycles. The molecule has 0 unspecified atom stereocenters. The third-order valence-corrected chi connectivity index (χ3v) is 4.93. The minimum absolute atomic E-state index is 0.0617. The number of thiazole rings is 1. The monoisotopic (exact) mass is 363 g/mol. The fourth-order valence-corrected chi connectivity index (χ4v) is 3.52. The van der Waals surface area contributed by atoms with Crippen molar-refractivity contribution >= 4 is 39.3 Å². The molecule has 0 aliphatic heterocycles. The van der Waals surface area contributed by atoms with E-state index in [9.17, 15) is 13.2 Å². The van der Waals surface area contributed by atoms with Crippen molar-refractivity contribution in [3.05, 3.63) is 24.0 Å². The van der Waals surface area contributed by atoms with Gasteiger partial charge in [0.25, 0.3) is 0 Å². The first-order chi connectivity index (χ1) is 10.8. The minimum Gasteiger partial charge on any atom is -0.306 e. The highest BCUT2D eigenvalue weighted by atomic mass is 32.2. The first-order valence-electron chi connectivity index (χ1n) is 5.97. The Balaban J connectivity index is 1.96. The standard InChI is InChI=1S/C11H8F3N5O2S2/c1-18-8-6(2-5(3-15-8)11(12,13)14)17-9(18)23-10-16-4-7(22-10)19(20)21/h2-4,20-21H,1H3. The highest BCUT2D eigenvalue weighted by molar-refractivity contribution is 8.01. The average molecular weight is 363 g/mol. The number of alkyl halides is 3. The van der Waals surface area contributed by atoms with E-state index in [1.54, 1.807) is 7.05 Å². The maximum Gasteiger partial charge on any atom is 0.417 e. The molecule has 0 spiro atoms. The molecule has 0 fully saturated rings. The SMILES string of the molecule is Cn1c(Sc2ncc(N(O)O)s2)nc2cc(C(F)(F)F)cnc21. The topological polar surface area (TPSA) is 87.3 Å². The number of anilines is 1. The summed E-state index contributed by atoms with van der Waals surface area (Å²) in [4.78, 5) is 11.9. The van der Waals surface area contributed by atoms with Gasteiger partial charge in [-0.3, -0.25) is 10.4 Å². The maximum absolute atomic E-state index is 12.7. The lowest BCUT2D eigenvalue weighted by atomic mass is 10.2. The molecule has 7 nitrogen and oxygen atoms in total. The van der Waals surface area contributed by atoms with Crippen LogP contribution in [0.2, 0.25) is 0 Å². The normalized spacial score (nSPS) is 12.1. The maximum atomic E-state index is 12.7. The molecule has 0 radical (unpaired) electrons. The van der Waals surface area contributed by atoms with Crippen LogP contribution in [0.4, 0.5) is 18.2 Å². The van der Waals surface area contributed by atoms with Crippen LogP contribution in [-0.2, 0) is 13.2 Å². The van der Waals surface area contributed by atoms with Crippen molar-refractivity contribution < 1.29 is 23.6 Å². The van der Waals surface area contributed by atoms with E-state index in [0.29, 0.717) is 15.1 Å². The van der Waals surface area contributed by atoms with Crippen LogP contribution in [0, 0.1) is 0 Å². The Morgan fingerprint density at radius 1 is 1.26 bits per heavy atom. The van der Waals surface area contributed by atoms with Gasteiger partial charge in [0, 0.05) is 13.2 Å². The fourth-order valence-electron chi connectivity index (χ4n) is 1.77. The largest absolute Gasteiger partial charge is 0.417 e. The summed E-state index contributed by atoms with van der Waals surface area (Å²) in [6.45, 7) is 0. The molecule has 0 aliphatic carbocycles. The third-order valence-electron chi connectivity index (χ3n) is 2.84. The molecule has 0 aliphatic rings. The van der Waals surface area contributed by atoms with Crippen LogP contribution in [0.3, 0.4) is 0 Å². The van der Waals surface area contributed by atoms with Crippen molar-refractivity contribution in [1.29, 1.82) is 0 Å². The van der Waals surface area contributed by atoms with Crippen LogP contribution in [0.5, 0.6) is 0 Å². The quantitative estimate of drug-likeness (QED) is 0.691. The Morgan fingerprint density at radius 2 is 2.00 bits per heavy atom. The van der Waals surface area contributed by atoms with E-state index < -0.39 is 11.7 Å². The second-order valence-corrected chi connectivity index (χ2v) is 6.60. The van der Waals surface area contributed by atoms with E-state index in [1.807, 2.05) is 0 Å². The van der Waals surface area contributed by atoms with Gasteiger partial charge in [-0.25, -0.2) is 15.0 Å². The molecule has 0 atom stereocenters. The summed E-state index contributed by atoms with van der Waals surface area (Å²) >= 11 is 2.07. The van der Waals surface area contributed by atoms with Gasteiger partial charge >= 0.3 is 6.18 Å². The van der Waals surface area contributed by atoms with Crippen molar-refractivity contribution in [2.75, 3.05) is 5.23 Å². The second kappa shape index (κ2) is 5.63. The van der Waals surface area contributed by atoms with Gasteiger partial charge in [0.05, 0.1) is 11.8 Å². The summed E-state index contributed by atoms with van der Waals surface area (Å²) in [5.74, 6) is 0. The molecule has 0 saturated carbocycles. The third kappa shape index (κ3) is 3.10. The minimum atomic E-state index is -4.48. The summed E-state index contributed by atoms with van der Waals surface area (Å²) in [6.07, 6.45) is -2.48. The smallest absolute Gasteiger partial charge is 0.306 e. The van der Waals surface area contributed by atoms with Crippen molar-refractivity contribution in [2.45, 2.75) is 15.7 Å². The molecule has 23 heavy (non-hydrogen) atoms. The van der Waals surface area contributed by atoms with Gasteiger partial charge in [0.2, 0.25) is 0 Å². The first-order valence-corrected chi connectivity index (χ1v) is 7.60. The molecule has 3 aromatic heterocycles. The van der Waals surface area contributed by atoms with E-state index in [-0.39, 0.29) is 15.7 Å². The zero-order chi connectivity index (χ0) is 16.8. The van der Waals surface area contributed by atoms with Crippen molar-refractivity contribution in [3.8, 4) is 0 Å². The molecular weight excluding hydrogens is 355 g/mol. The van der Waals surface area contributed by atoms with Gasteiger partial charge < -0.3 is 4.57 Å². The summed E-state index contributed by atoms with van der Waals surface area (Å²) < 4.78 is 40.1. The van der Waals surface area contributed by atoms with Gasteiger partial charge in [0.1, 0.15) is 5.52 Å².